The topological polar surface area (TPSA) is 55.2 Å². The Balaban J connectivity index is 2.29. The monoisotopic (exact) mass is 352 g/mol. The third-order valence-corrected chi connectivity index (χ3v) is 4.16. The molecule has 1 heterocycles. The lowest BCUT2D eigenvalue weighted by atomic mass is 10.0. The number of nitrogens with zero attached hydrogens (tertiary/aromatic N) is 3. The number of ether oxygens (including phenoxy) is 1. The van der Waals surface area contributed by atoms with Crippen LogP contribution < -0.4 is 4.74 Å². The van der Waals surface area contributed by atoms with Crippen LogP contribution in [-0.4, -0.2) is 27.7 Å². The van der Waals surface area contributed by atoms with Gasteiger partial charge in [0.2, 0.25) is 4.77 Å². The minimum Gasteiger partial charge on any atom is -0.492 e. The molecular formula is C16H21ClN4OS. The third kappa shape index (κ3) is 4.20. The number of hydrogen-bond donors (Lipinski definition) is 1. The van der Waals surface area contributed by atoms with E-state index in [0.29, 0.717) is 28.1 Å². The Morgan fingerprint density at radius 1 is 1.39 bits per heavy atom. The highest BCUT2D eigenvalue weighted by atomic mass is 35.5. The number of aromatic amines is 1. The number of benzene rings is 1. The molecule has 1 aromatic heterocycles. The summed E-state index contributed by atoms with van der Waals surface area (Å²) in [5, 5.41) is 12.2. The Labute approximate surface area is 146 Å². The standard InChI is InChI=1S/C16H21ClN4OS/c1-4-12(5-2)15-19-20-16(23)21(15)18-10-11-7-8-14(22-6-3)13(17)9-11/h7-10,12H,4-6H2,1-3H3,(H,20,23)/b18-10-. The van der Waals surface area contributed by atoms with Gasteiger partial charge in [0.1, 0.15) is 5.75 Å². The van der Waals surface area contributed by atoms with E-state index in [1.54, 1.807) is 10.9 Å². The van der Waals surface area contributed by atoms with Crippen molar-refractivity contribution in [3.05, 3.63) is 39.4 Å². The van der Waals surface area contributed by atoms with Crippen molar-refractivity contribution in [2.24, 2.45) is 5.10 Å². The SMILES string of the molecule is CCOc1ccc(/C=N\n2c(C(CC)CC)n[nH]c2=S)cc1Cl. The van der Waals surface area contributed by atoms with Crippen molar-refractivity contribution in [1.82, 2.24) is 14.9 Å². The molecular weight excluding hydrogens is 332 g/mol. The average molecular weight is 353 g/mol. The molecule has 0 radical (unpaired) electrons. The third-order valence-electron chi connectivity index (χ3n) is 3.60. The Morgan fingerprint density at radius 3 is 2.74 bits per heavy atom. The summed E-state index contributed by atoms with van der Waals surface area (Å²) in [6.07, 6.45) is 3.69. The zero-order valence-electron chi connectivity index (χ0n) is 13.5. The summed E-state index contributed by atoms with van der Waals surface area (Å²) < 4.78 is 7.59. The first-order chi connectivity index (χ1) is 11.1. The van der Waals surface area contributed by atoms with Gasteiger partial charge in [-0.2, -0.15) is 14.9 Å². The molecule has 0 unspecified atom stereocenters. The van der Waals surface area contributed by atoms with E-state index >= 15 is 0 Å². The number of hydrogen-bond acceptors (Lipinski definition) is 4. The molecule has 0 bridgehead atoms. The lowest BCUT2D eigenvalue weighted by Gasteiger charge is -2.10. The number of rotatable bonds is 7. The first-order valence-corrected chi connectivity index (χ1v) is 8.53. The molecule has 23 heavy (non-hydrogen) atoms. The fraction of sp³-hybridized carbons (Fsp3) is 0.438. The first kappa shape index (κ1) is 17.7. The lowest BCUT2D eigenvalue weighted by molar-refractivity contribution is 0.340. The van der Waals surface area contributed by atoms with Crippen LogP contribution in [0, 0.1) is 4.77 Å². The molecule has 2 aromatic rings. The van der Waals surface area contributed by atoms with Crippen molar-refractivity contribution in [3.63, 3.8) is 0 Å². The van der Waals surface area contributed by atoms with Gasteiger partial charge in [0.25, 0.3) is 0 Å². The van der Waals surface area contributed by atoms with Gasteiger partial charge in [-0.3, -0.25) is 5.10 Å². The van der Waals surface area contributed by atoms with E-state index in [0.717, 1.165) is 24.2 Å². The smallest absolute Gasteiger partial charge is 0.216 e. The zero-order valence-corrected chi connectivity index (χ0v) is 15.1. The number of halogens is 1. The van der Waals surface area contributed by atoms with Crippen molar-refractivity contribution < 1.29 is 4.74 Å². The minimum atomic E-state index is 0.323. The molecule has 0 spiro atoms. The van der Waals surface area contributed by atoms with Gasteiger partial charge in [0, 0.05) is 5.92 Å². The van der Waals surface area contributed by atoms with Crippen molar-refractivity contribution in [1.29, 1.82) is 0 Å². The largest absolute Gasteiger partial charge is 0.492 e. The second-order valence-electron chi connectivity index (χ2n) is 5.08. The van der Waals surface area contributed by atoms with Crippen LogP contribution in [0.5, 0.6) is 5.75 Å². The quantitative estimate of drug-likeness (QED) is 0.576. The molecule has 0 saturated heterocycles. The molecule has 0 saturated carbocycles. The highest BCUT2D eigenvalue weighted by Gasteiger charge is 2.14. The maximum Gasteiger partial charge on any atom is 0.216 e. The fourth-order valence-corrected chi connectivity index (χ4v) is 2.76. The van der Waals surface area contributed by atoms with Crippen LogP contribution in [0.25, 0.3) is 0 Å². The van der Waals surface area contributed by atoms with Gasteiger partial charge in [0.15, 0.2) is 5.82 Å². The van der Waals surface area contributed by atoms with E-state index in [1.807, 2.05) is 25.1 Å². The Kier molecular flexibility index (Phi) is 6.36. The average Bonchev–Trinajstić information content (AvgIpc) is 2.90. The van der Waals surface area contributed by atoms with Gasteiger partial charge in [-0.15, -0.1) is 0 Å². The highest BCUT2D eigenvalue weighted by Crippen LogP contribution is 2.25. The summed E-state index contributed by atoms with van der Waals surface area (Å²) in [4.78, 5) is 0. The van der Waals surface area contributed by atoms with E-state index in [4.69, 9.17) is 28.6 Å². The molecule has 5 nitrogen and oxygen atoms in total. The van der Waals surface area contributed by atoms with Crippen LogP contribution in [-0.2, 0) is 0 Å². The minimum absolute atomic E-state index is 0.323. The van der Waals surface area contributed by atoms with E-state index in [-0.39, 0.29) is 0 Å². The Hall–Kier alpha value is -1.66. The van der Waals surface area contributed by atoms with Crippen LogP contribution in [0.3, 0.4) is 0 Å². The summed E-state index contributed by atoms with van der Waals surface area (Å²) in [6, 6.07) is 5.56. The van der Waals surface area contributed by atoms with Crippen LogP contribution in [0.2, 0.25) is 5.02 Å². The zero-order chi connectivity index (χ0) is 16.8. The predicted octanol–water partition coefficient (Wildman–Crippen LogP) is 4.78. The first-order valence-electron chi connectivity index (χ1n) is 7.74. The van der Waals surface area contributed by atoms with Crippen LogP contribution in [0.4, 0.5) is 0 Å². The Morgan fingerprint density at radius 2 is 2.13 bits per heavy atom. The number of nitrogens with one attached hydrogen (secondary N) is 1. The molecule has 0 aliphatic heterocycles. The van der Waals surface area contributed by atoms with E-state index in [1.165, 1.54) is 0 Å². The van der Waals surface area contributed by atoms with E-state index in [2.05, 4.69) is 29.1 Å². The van der Waals surface area contributed by atoms with Crippen LogP contribution in [0.15, 0.2) is 23.3 Å². The van der Waals surface area contributed by atoms with Gasteiger partial charge in [-0.25, -0.2) is 0 Å². The van der Waals surface area contributed by atoms with Gasteiger partial charge in [-0.05, 0) is 55.7 Å². The van der Waals surface area contributed by atoms with Gasteiger partial charge >= 0.3 is 0 Å². The molecule has 0 aliphatic carbocycles. The summed E-state index contributed by atoms with van der Waals surface area (Å²) in [7, 11) is 0. The molecule has 0 aliphatic rings. The predicted molar refractivity (Wildman–Crippen MR) is 96.3 cm³/mol. The van der Waals surface area contributed by atoms with Gasteiger partial charge in [-0.1, -0.05) is 25.4 Å². The van der Waals surface area contributed by atoms with Gasteiger partial charge in [0.05, 0.1) is 17.8 Å². The Bertz CT molecular complexity index is 734. The second kappa shape index (κ2) is 8.26. The molecule has 1 aromatic carbocycles. The molecule has 0 atom stereocenters. The second-order valence-corrected chi connectivity index (χ2v) is 5.87. The highest BCUT2D eigenvalue weighted by molar-refractivity contribution is 7.71. The molecule has 0 amide bonds. The van der Waals surface area contributed by atoms with Crippen molar-refractivity contribution in [3.8, 4) is 5.75 Å². The summed E-state index contributed by atoms with van der Waals surface area (Å²) in [6.45, 7) is 6.76. The summed E-state index contributed by atoms with van der Waals surface area (Å²) >= 11 is 11.5. The maximum absolute atomic E-state index is 6.19. The maximum atomic E-state index is 6.19. The van der Waals surface area contributed by atoms with Gasteiger partial charge < -0.3 is 4.74 Å². The van der Waals surface area contributed by atoms with Crippen molar-refractivity contribution >= 4 is 30.0 Å². The normalized spacial score (nSPS) is 11.5. The number of H-pyrrole nitrogens is 1. The van der Waals surface area contributed by atoms with Crippen LogP contribution in [0.1, 0.15) is 50.9 Å². The lowest BCUT2D eigenvalue weighted by Crippen LogP contribution is -2.05. The van der Waals surface area contributed by atoms with Crippen molar-refractivity contribution in [2.45, 2.75) is 39.5 Å². The molecule has 2 rings (SSSR count). The van der Waals surface area contributed by atoms with E-state index in [9.17, 15) is 0 Å². The summed E-state index contributed by atoms with van der Waals surface area (Å²) in [5.41, 5.74) is 0.872. The number of aromatic nitrogens is 3. The fourth-order valence-electron chi connectivity index (χ4n) is 2.33. The summed E-state index contributed by atoms with van der Waals surface area (Å²) in [5.74, 6) is 1.85. The van der Waals surface area contributed by atoms with Crippen LogP contribution >= 0.6 is 23.8 Å². The molecule has 124 valence electrons. The van der Waals surface area contributed by atoms with Crippen molar-refractivity contribution in [2.75, 3.05) is 6.61 Å². The molecule has 7 heteroatoms. The molecule has 0 fully saturated rings. The van der Waals surface area contributed by atoms with E-state index < -0.39 is 0 Å². The molecule has 1 N–H and O–H groups in total.